The van der Waals surface area contributed by atoms with Crippen LogP contribution in [0.2, 0.25) is 0 Å². The van der Waals surface area contributed by atoms with Crippen LogP contribution in [0.1, 0.15) is 21.5 Å². The Labute approximate surface area is 165 Å². The molecule has 1 fully saturated rings. The molecule has 1 saturated heterocycles. The van der Waals surface area contributed by atoms with Crippen LogP contribution in [0, 0.1) is 6.92 Å². The van der Waals surface area contributed by atoms with Gasteiger partial charge in [-0.05, 0) is 49.5 Å². The molecule has 0 radical (unpaired) electrons. The number of aromatic hydroxyl groups is 1. The minimum Gasteiger partial charge on any atom is -0.507 e. The number of phenols is 1. The molecule has 0 aliphatic carbocycles. The zero-order valence-corrected chi connectivity index (χ0v) is 16.2. The highest BCUT2D eigenvalue weighted by Crippen LogP contribution is 2.34. The van der Waals surface area contributed by atoms with Crippen molar-refractivity contribution in [2.45, 2.75) is 6.92 Å². The molecule has 0 aromatic heterocycles. The molecule has 8 heteroatoms. The lowest BCUT2D eigenvalue weighted by Crippen LogP contribution is -2.44. The molecule has 1 aliphatic heterocycles. The lowest BCUT2D eigenvalue weighted by Gasteiger charge is -2.15. The van der Waals surface area contributed by atoms with Crippen LogP contribution >= 0.6 is 24.0 Å². The molecule has 27 heavy (non-hydrogen) atoms. The van der Waals surface area contributed by atoms with Crippen molar-refractivity contribution in [1.82, 2.24) is 10.4 Å². The van der Waals surface area contributed by atoms with Crippen LogP contribution in [0.3, 0.4) is 0 Å². The number of carbonyl (C=O) groups is 2. The largest absolute Gasteiger partial charge is 0.507 e. The Morgan fingerprint density at radius 3 is 2.74 bits per heavy atom. The van der Waals surface area contributed by atoms with E-state index in [2.05, 4.69) is 5.43 Å². The first kappa shape index (κ1) is 18.9. The van der Waals surface area contributed by atoms with E-state index in [9.17, 15) is 14.7 Å². The molecule has 0 spiro atoms. The highest BCUT2D eigenvalue weighted by atomic mass is 32.2. The van der Waals surface area contributed by atoms with Crippen molar-refractivity contribution < 1.29 is 19.4 Å². The van der Waals surface area contributed by atoms with E-state index in [1.54, 1.807) is 30.3 Å². The molecule has 0 unspecified atom stereocenters. The Hall–Kier alpha value is -2.84. The molecule has 2 N–H and O–H groups in total. The molecular formula is C19H16N2O4S2. The number of nitrogens with one attached hydrogen (secondary N) is 1. The summed E-state index contributed by atoms with van der Waals surface area (Å²) in [5.41, 5.74) is 4.34. The van der Waals surface area contributed by atoms with Gasteiger partial charge in [0.25, 0.3) is 11.8 Å². The Kier molecular flexibility index (Phi) is 5.48. The van der Waals surface area contributed by atoms with Crippen LogP contribution in [-0.4, -0.2) is 33.4 Å². The summed E-state index contributed by atoms with van der Waals surface area (Å²) in [5, 5.41) is 11.1. The summed E-state index contributed by atoms with van der Waals surface area (Å²) >= 11 is 6.25. The molecule has 138 valence electrons. The van der Waals surface area contributed by atoms with E-state index in [0.717, 1.165) is 22.3 Å². The summed E-state index contributed by atoms with van der Waals surface area (Å²) in [6.45, 7) is 1.88. The van der Waals surface area contributed by atoms with Gasteiger partial charge in [0, 0.05) is 17.2 Å². The van der Waals surface area contributed by atoms with Gasteiger partial charge in [-0.3, -0.25) is 15.0 Å². The highest BCUT2D eigenvalue weighted by Gasteiger charge is 2.34. The number of methoxy groups -OCH3 is 1. The van der Waals surface area contributed by atoms with Gasteiger partial charge in [0.1, 0.15) is 11.5 Å². The van der Waals surface area contributed by atoms with E-state index in [1.807, 2.05) is 13.0 Å². The number of hydrogen-bond acceptors (Lipinski definition) is 6. The first-order valence-corrected chi connectivity index (χ1v) is 9.14. The van der Waals surface area contributed by atoms with Crippen molar-refractivity contribution in [3.8, 4) is 11.5 Å². The van der Waals surface area contributed by atoms with E-state index in [4.69, 9.17) is 17.0 Å². The molecule has 1 heterocycles. The monoisotopic (exact) mass is 400 g/mol. The number of carbonyl (C=O) groups excluding carboxylic acids is 2. The topological polar surface area (TPSA) is 78.9 Å². The van der Waals surface area contributed by atoms with Gasteiger partial charge < -0.3 is 9.84 Å². The molecule has 3 rings (SSSR count). The number of benzene rings is 2. The quantitative estimate of drug-likeness (QED) is 0.606. The summed E-state index contributed by atoms with van der Waals surface area (Å²) in [5.74, 6) is -0.407. The third kappa shape index (κ3) is 4.12. The zero-order chi connectivity index (χ0) is 19.6. The summed E-state index contributed by atoms with van der Waals surface area (Å²) in [6.07, 6.45) is 1.52. The number of thioether (sulfide) groups is 1. The fourth-order valence-electron chi connectivity index (χ4n) is 2.43. The molecule has 2 aromatic carbocycles. The summed E-state index contributed by atoms with van der Waals surface area (Å²) in [7, 11) is 1.50. The predicted molar refractivity (Wildman–Crippen MR) is 108 cm³/mol. The van der Waals surface area contributed by atoms with Gasteiger partial charge in [-0.1, -0.05) is 29.5 Å². The van der Waals surface area contributed by atoms with Gasteiger partial charge >= 0.3 is 0 Å². The van der Waals surface area contributed by atoms with Crippen molar-refractivity contribution in [1.29, 1.82) is 0 Å². The van der Waals surface area contributed by atoms with Crippen molar-refractivity contribution in [2.24, 2.45) is 0 Å². The van der Waals surface area contributed by atoms with Crippen molar-refractivity contribution in [3.05, 3.63) is 64.1 Å². The maximum Gasteiger partial charge on any atom is 0.285 e. The van der Waals surface area contributed by atoms with E-state index in [-0.39, 0.29) is 10.1 Å². The second-order valence-electron chi connectivity index (χ2n) is 5.75. The van der Waals surface area contributed by atoms with Crippen LogP contribution in [0.15, 0.2) is 47.4 Å². The SMILES string of the molecule is COc1ccc(/C=C2\SC(=S)N(NC(=O)c3cccc(C)c3)C2=O)c(O)c1. The first-order chi connectivity index (χ1) is 12.9. The molecular weight excluding hydrogens is 384 g/mol. The van der Waals surface area contributed by atoms with Gasteiger partial charge in [0.15, 0.2) is 4.32 Å². The second kappa shape index (κ2) is 7.81. The number of hydrogen-bond donors (Lipinski definition) is 2. The average Bonchev–Trinajstić information content (AvgIpc) is 2.90. The smallest absolute Gasteiger partial charge is 0.285 e. The molecule has 2 amide bonds. The maximum atomic E-state index is 12.6. The number of thiocarbonyl (C=S) groups is 1. The van der Waals surface area contributed by atoms with Crippen molar-refractivity contribution in [3.63, 3.8) is 0 Å². The minimum atomic E-state index is -0.457. The van der Waals surface area contributed by atoms with E-state index in [1.165, 1.54) is 19.3 Å². The molecule has 6 nitrogen and oxygen atoms in total. The van der Waals surface area contributed by atoms with Gasteiger partial charge in [-0.2, -0.15) is 5.01 Å². The van der Waals surface area contributed by atoms with Crippen molar-refractivity contribution >= 4 is 46.2 Å². The number of hydrazine groups is 1. The standard InChI is InChI=1S/C19H16N2O4S2/c1-11-4-3-5-13(8-11)17(23)20-21-18(24)16(27-19(21)26)9-12-6-7-14(25-2)10-15(12)22/h3-10,22H,1-2H3,(H,20,23)/b16-9-. The Morgan fingerprint density at radius 1 is 1.30 bits per heavy atom. The fourth-order valence-corrected chi connectivity index (χ4v) is 3.60. The Balaban J connectivity index is 1.80. The van der Waals surface area contributed by atoms with Crippen LogP contribution in [0.25, 0.3) is 6.08 Å². The van der Waals surface area contributed by atoms with Crippen LogP contribution < -0.4 is 10.2 Å². The van der Waals surface area contributed by atoms with Crippen molar-refractivity contribution in [2.75, 3.05) is 7.11 Å². The average molecular weight is 400 g/mol. The lowest BCUT2D eigenvalue weighted by molar-refractivity contribution is -0.123. The number of phenolic OH excluding ortho intramolecular Hbond substituents is 1. The lowest BCUT2D eigenvalue weighted by atomic mass is 10.1. The van der Waals surface area contributed by atoms with Gasteiger partial charge in [0.05, 0.1) is 12.0 Å². The fraction of sp³-hybridized carbons (Fsp3) is 0.105. The van der Waals surface area contributed by atoms with E-state index < -0.39 is 11.8 Å². The molecule has 2 aromatic rings. The van der Waals surface area contributed by atoms with E-state index in [0.29, 0.717) is 21.8 Å². The Morgan fingerprint density at radius 2 is 2.07 bits per heavy atom. The second-order valence-corrected chi connectivity index (χ2v) is 7.43. The van der Waals surface area contributed by atoms with Gasteiger partial charge in [0.2, 0.25) is 0 Å². The summed E-state index contributed by atoms with van der Waals surface area (Å²) in [6, 6.07) is 11.8. The number of aryl methyl sites for hydroxylation is 1. The molecule has 0 atom stereocenters. The van der Waals surface area contributed by atoms with E-state index >= 15 is 0 Å². The Bertz CT molecular complexity index is 972. The maximum absolute atomic E-state index is 12.6. The normalized spacial score (nSPS) is 15.3. The minimum absolute atomic E-state index is 0.0246. The number of ether oxygens (including phenoxy) is 1. The molecule has 0 saturated carbocycles. The number of rotatable bonds is 4. The molecule has 0 bridgehead atoms. The van der Waals surface area contributed by atoms with Gasteiger partial charge in [-0.25, -0.2) is 0 Å². The van der Waals surface area contributed by atoms with Crippen LogP contribution in [-0.2, 0) is 4.79 Å². The predicted octanol–water partition coefficient (Wildman–Crippen LogP) is 3.26. The summed E-state index contributed by atoms with van der Waals surface area (Å²) < 4.78 is 5.25. The number of amides is 2. The highest BCUT2D eigenvalue weighted by molar-refractivity contribution is 8.26. The van der Waals surface area contributed by atoms with Crippen LogP contribution in [0.5, 0.6) is 11.5 Å². The third-order valence-corrected chi connectivity index (χ3v) is 5.11. The van der Waals surface area contributed by atoms with Crippen LogP contribution in [0.4, 0.5) is 0 Å². The zero-order valence-electron chi connectivity index (χ0n) is 14.6. The first-order valence-electron chi connectivity index (χ1n) is 7.91. The third-order valence-electron chi connectivity index (χ3n) is 3.81. The number of nitrogens with zero attached hydrogens (tertiary/aromatic N) is 1. The summed E-state index contributed by atoms with van der Waals surface area (Å²) in [4.78, 5) is 25.3. The molecule has 1 aliphatic rings. The van der Waals surface area contributed by atoms with Gasteiger partial charge in [-0.15, -0.1) is 0 Å².